The van der Waals surface area contributed by atoms with E-state index in [1.807, 2.05) is 32.0 Å². The number of aromatic amines is 2. The van der Waals surface area contributed by atoms with Gasteiger partial charge in [-0.2, -0.15) is 0 Å². The Morgan fingerprint density at radius 3 is 2.00 bits per heavy atom. The molecule has 0 unspecified atom stereocenters. The molecular weight excluding hydrogens is 1110 g/mol. The van der Waals surface area contributed by atoms with Crippen LogP contribution in [0.2, 0.25) is 0 Å². The van der Waals surface area contributed by atoms with Gasteiger partial charge >= 0.3 is 0 Å². The van der Waals surface area contributed by atoms with Crippen LogP contribution in [0.5, 0.6) is 0 Å². The highest BCUT2D eigenvalue weighted by Gasteiger charge is 2.40. The number of rotatable bonds is 29. The zero-order chi connectivity index (χ0) is 62.0. The number of hydrogen-bond acceptors (Lipinski definition) is 14. The number of nitrogens with zero attached hydrogens (tertiary/aromatic N) is 2. The van der Waals surface area contributed by atoms with Gasteiger partial charge in [-0.1, -0.05) is 89.6 Å². The summed E-state index contributed by atoms with van der Waals surface area (Å²) in [5.41, 5.74) is 12.6. The van der Waals surface area contributed by atoms with E-state index in [0.29, 0.717) is 30.0 Å². The Morgan fingerprint density at radius 1 is 0.706 bits per heavy atom. The number of aromatic nitrogens is 3. The Hall–Kier alpha value is -8.33. The number of carbonyl (C=O) groups is 11. The summed E-state index contributed by atoms with van der Waals surface area (Å²) in [6.45, 7) is 10.1. The average Bonchev–Trinajstić information content (AvgIpc) is 4.50. The summed E-state index contributed by atoms with van der Waals surface area (Å²) in [6.07, 6.45) is 6.29. The molecule has 2 aliphatic heterocycles. The highest BCUT2D eigenvalue weighted by atomic mass is 32.2. The van der Waals surface area contributed by atoms with Crippen molar-refractivity contribution in [3.8, 4) is 0 Å². The largest absolute Gasteiger partial charge is 0.370 e. The van der Waals surface area contributed by atoms with E-state index in [1.165, 1.54) is 36.1 Å². The molecule has 2 saturated heterocycles. The number of para-hydroxylation sites is 1. The van der Waals surface area contributed by atoms with Crippen molar-refractivity contribution < 1.29 is 52.7 Å². The number of thioether (sulfide) groups is 1. The van der Waals surface area contributed by atoms with Gasteiger partial charge in [-0.05, 0) is 67.7 Å². The Balaban J connectivity index is 1.14. The molecule has 85 heavy (non-hydrogen) atoms. The van der Waals surface area contributed by atoms with Crippen molar-refractivity contribution in [3.63, 3.8) is 0 Å². The van der Waals surface area contributed by atoms with Crippen LogP contribution in [0.4, 0.5) is 0 Å². The highest BCUT2D eigenvalue weighted by molar-refractivity contribution is 7.99. The Bertz CT molecular complexity index is 3000. The molecule has 4 aromatic rings. The molecule has 4 heterocycles. The van der Waals surface area contributed by atoms with Crippen LogP contribution in [-0.4, -0.2) is 164 Å². The van der Waals surface area contributed by atoms with E-state index in [4.69, 9.17) is 11.5 Å². The van der Waals surface area contributed by atoms with Gasteiger partial charge < -0.3 is 74.2 Å². The van der Waals surface area contributed by atoms with Crippen molar-refractivity contribution in [2.24, 2.45) is 22.8 Å². The van der Waals surface area contributed by atoms with E-state index in [-0.39, 0.29) is 50.3 Å². The first-order chi connectivity index (χ1) is 40.4. The predicted octanol–water partition coefficient (Wildman–Crippen LogP) is -0.665. The highest BCUT2D eigenvalue weighted by Crippen LogP contribution is 2.24. The lowest BCUT2D eigenvalue weighted by Gasteiger charge is -2.31. The molecule has 2 aromatic carbocycles. The minimum atomic E-state index is -1.44. The number of nitrogens with two attached hydrogens (primary N) is 2. The minimum Gasteiger partial charge on any atom is -0.370 e. The second-order valence-corrected chi connectivity index (χ2v) is 24.0. The van der Waals surface area contributed by atoms with Crippen LogP contribution >= 0.6 is 11.8 Å². The number of fused-ring (bicyclic) bond motifs is 1. The molecular formula is C58H81N15O11S. The molecule has 0 saturated carbocycles. The molecule has 26 nitrogen and oxygen atoms in total. The second kappa shape index (κ2) is 31.0. The van der Waals surface area contributed by atoms with E-state index in [9.17, 15) is 52.7 Å². The van der Waals surface area contributed by atoms with Crippen LogP contribution in [0.15, 0.2) is 73.3 Å². The predicted molar refractivity (Wildman–Crippen MR) is 317 cm³/mol. The normalized spacial score (nSPS) is 17.6. The first-order valence-corrected chi connectivity index (χ1v) is 29.7. The summed E-state index contributed by atoms with van der Waals surface area (Å²) >= 11 is 1.35. The van der Waals surface area contributed by atoms with Crippen molar-refractivity contribution in [1.29, 1.82) is 0 Å². The van der Waals surface area contributed by atoms with Crippen LogP contribution in [0.3, 0.4) is 0 Å². The van der Waals surface area contributed by atoms with E-state index in [2.05, 4.69) is 62.8 Å². The second-order valence-electron chi connectivity index (χ2n) is 23.0. The van der Waals surface area contributed by atoms with E-state index in [0.717, 1.165) is 29.3 Å². The molecule has 2 aliphatic rings. The molecule has 2 fully saturated rings. The van der Waals surface area contributed by atoms with Gasteiger partial charge in [0.1, 0.15) is 48.3 Å². The summed E-state index contributed by atoms with van der Waals surface area (Å²) < 4.78 is 0. The Kier molecular flexibility index (Phi) is 24.0. The van der Waals surface area contributed by atoms with Gasteiger partial charge in [0.2, 0.25) is 65.0 Å². The average molecular weight is 1200 g/mol. The van der Waals surface area contributed by atoms with Crippen LogP contribution in [-0.2, 0) is 72.0 Å². The van der Waals surface area contributed by atoms with Gasteiger partial charge in [-0.15, -0.1) is 11.8 Å². The van der Waals surface area contributed by atoms with Gasteiger partial charge in [0.25, 0.3) is 0 Å². The van der Waals surface area contributed by atoms with Crippen molar-refractivity contribution in [2.45, 2.75) is 154 Å². The van der Waals surface area contributed by atoms with Gasteiger partial charge in [0.15, 0.2) is 0 Å². The number of benzene rings is 2. The topological polar surface area (TPSA) is 396 Å². The monoisotopic (exact) mass is 1200 g/mol. The number of piperidine rings is 1. The molecule has 460 valence electrons. The number of hydrogen-bond donors (Lipinski definition) is 13. The third-order valence-corrected chi connectivity index (χ3v) is 15.6. The smallest absolute Gasteiger partial charge is 0.246 e. The fourth-order valence-electron chi connectivity index (χ4n) is 9.96. The number of amides is 11. The summed E-state index contributed by atoms with van der Waals surface area (Å²) in [5.74, 6) is -7.44. The van der Waals surface area contributed by atoms with Crippen molar-refractivity contribution in [1.82, 2.24) is 67.7 Å². The standard InChI is InChI=1S/C58H81N15O11S/c1-32(2)22-44(57(84)73-31-85-29-45(73)49(60)76)71-55(82)43(25-36-27-61-30-65-36)67-47(75)28-64-56(83)48(58(4,5)6)72-50(77)33(3)66-53(80)42(24-35-26-63-38-17-11-10-16-37(35)38)70-52(79)40(19-20-46(59)74)68-54(81)41(23-34-14-8-7-9-15-34)69-51(78)39-18-12-13-21-62-39/h7-11,14-17,26-27,30,32-33,39-45,48,62-63H,12-13,18-25,28-29,31H2,1-6H3,(H2,59,74)(H2,60,76)(H,61,65)(H,64,83)(H,66,80)(H,67,75)(H,68,81)(H,69,78)(H,70,79)(H,71,82)(H,72,77)/t33-,39-,40-,41+,42-,43-,44-,45-,48+/m0/s1. The number of imidazole rings is 1. The lowest BCUT2D eigenvalue weighted by Crippen LogP contribution is -2.61. The lowest BCUT2D eigenvalue weighted by atomic mass is 9.86. The van der Waals surface area contributed by atoms with Gasteiger partial charge in [0.05, 0.1) is 30.5 Å². The molecule has 11 amide bonds. The maximum atomic E-state index is 14.5. The zero-order valence-corrected chi connectivity index (χ0v) is 49.7. The first kappa shape index (κ1) is 65.8. The van der Waals surface area contributed by atoms with Crippen LogP contribution < -0.4 is 59.3 Å². The van der Waals surface area contributed by atoms with Gasteiger partial charge in [-0.25, -0.2) is 4.98 Å². The molecule has 6 rings (SSSR count). The van der Waals surface area contributed by atoms with Crippen LogP contribution in [0.1, 0.15) is 96.9 Å². The van der Waals surface area contributed by atoms with Crippen LogP contribution in [0, 0.1) is 11.3 Å². The summed E-state index contributed by atoms with van der Waals surface area (Å²) in [4.78, 5) is 162. The summed E-state index contributed by atoms with van der Waals surface area (Å²) in [6, 6.07) is 5.81. The number of primary amides is 2. The zero-order valence-electron chi connectivity index (χ0n) is 48.8. The molecule has 9 atom stereocenters. The maximum Gasteiger partial charge on any atom is 0.246 e. The molecule has 0 bridgehead atoms. The lowest BCUT2D eigenvalue weighted by molar-refractivity contribution is -0.141. The van der Waals surface area contributed by atoms with E-state index in [1.54, 1.807) is 63.4 Å². The SMILES string of the molecule is CC(C)C[C@H](NC(=O)[C@H](Cc1c[nH]cn1)NC(=O)CNC(=O)[C@@H](NC(=O)[C@H](C)NC(=O)[C@H](Cc1c[nH]c2ccccc12)NC(=O)[C@H](CCC(N)=O)NC(=O)[C@@H](Cc1ccccc1)NC(=O)[C@@H]1CCCCN1)C(C)(C)C)C(=O)N1CSC[C@H]1C(N)=O. The number of carbonyl (C=O) groups excluding carboxylic acids is 11. The molecule has 2 aromatic heterocycles. The first-order valence-electron chi connectivity index (χ1n) is 28.5. The number of nitrogens with one attached hydrogen (secondary N) is 11. The van der Waals surface area contributed by atoms with Gasteiger partial charge in [-0.3, -0.25) is 52.7 Å². The molecule has 0 spiro atoms. The Morgan fingerprint density at radius 2 is 1.35 bits per heavy atom. The minimum absolute atomic E-state index is 0.0635. The van der Waals surface area contributed by atoms with Gasteiger partial charge in [0, 0.05) is 54.7 Å². The Labute approximate surface area is 497 Å². The summed E-state index contributed by atoms with van der Waals surface area (Å²) in [5, 5.41) is 25.4. The fourth-order valence-corrected chi connectivity index (χ4v) is 11.1. The molecule has 0 aliphatic carbocycles. The van der Waals surface area contributed by atoms with Crippen molar-refractivity contribution in [3.05, 3.63) is 90.1 Å². The summed E-state index contributed by atoms with van der Waals surface area (Å²) in [7, 11) is 0. The molecule has 27 heteroatoms. The third kappa shape index (κ3) is 19.6. The fraction of sp³-hybridized carbons (Fsp3) is 0.517. The van der Waals surface area contributed by atoms with Crippen LogP contribution in [0.25, 0.3) is 10.9 Å². The van der Waals surface area contributed by atoms with Crippen molar-refractivity contribution in [2.75, 3.05) is 24.7 Å². The van der Waals surface area contributed by atoms with Crippen molar-refractivity contribution >= 4 is 87.6 Å². The molecule has 15 N–H and O–H groups in total. The quantitative estimate of drug-likeness (QED) is 0.0321. The molecule has 0 radical (unpaired) electrons. The number of H-pyrrole nitrogens is 2. The third-order valence-electron chi connectivity index (χ3n) is 14.6. The van der Waals surface area contributed by atoms with E-state index < -0.39 is 131 Å². The van der Waals surface area contributed by atoms with E-state index >= 15 is 0 Å². The maximum absolute atomic E-state index is 14.5.